The Labute approximate surface area is 123 Å². The predicted octanol–water partition coefficient (Wildman–Crippen LogP) is 2.73. The van der Waals surface area contributed by atoms with Gasteiger partial charge in [-0.1, -0.05) is 31.5 Å². The molecule has 0 bridgehead atoms. The number of carbonyl (C=O) groups is 1. The average molecular weight is 286 g/mol. The highest BCUT2D eigenvalue weighted by atomic mass is 16.5. The SMILES string of the molecule is CCCc1nc(Cc2ccccc2OC)ncc1C(=O)O. The van der Waals surface area contributed by atoms with Crippen molar-refractivity contribution in [2.75, 3.05) is 7.11 Å². The quantitative estimate of drug-likeness (QED) is 0.884. The number of rotatable bonds is 6. The molecule has 0 atom stereocenters. The molecule has 0 fully saturated rings. The Bertz CT molecular complexity index is 641. The normalized spacial score (nSPS) is 10.4. The molecule has 1 heterocycles. The molecule has 0 aliphatic rings. The number of ether oxygens (including phenoxy) is 1. The molecule has 0 aliphatic heterocycles. The predicted molar refractivity (Wildman–Crippen MR) is 78.8 cm³/mol. The lowest BCUT2D eigenvalue weighted by molar-refractivity contribution is 0.0694. The Kier molecular flexibility index (Phi) is 4.87. The molecule has 0 spiro atoms. The van der Waals surface area contributed by atoms with Crippen molar-refractivity contribution in [3.63, 3.8) is 0 Å². The molecule has 0 saturated carbocycles. The summed E-state index contributed by atoms with van der Waals surface area (Å²) in [5, 5.41) is 9.16. The number of aromatic nitrogens is 2. The van der Waals surface area contributed by atoms with Crippen molar-refractivity contribution in [2.45, 2.75) is 26.2 Å². The Morgan fingerprint density at radius 1 is 1.33 bits per heavy atom. The van der Waals surface area contributed by atoms with E-state index in [2.05, 4.69) is 9.97 Å². The molecular weight excluding hydrogens is 268 g/mol. The summed E-state index contributed by atoms with van der Waals surface area (Å²) in [6.45, 7) is 1.99. The summed E-state index contributed by atoms with van der Waals surface area (Å²) in [6.07, 6.45) is 3.38. The lowest BCUT2D eigenvalue weighted by Crippen LogP contribution is -2.09. The standard InChI is InChI=1S/C16H18N2O3/c1-3-6-13-12(16(19)20)10-17-15(18-13)9-11-7-4-5-8-14(11)21-2/h4-5,7-8,10H,3,6,9H2,1-2H3,(H,19,20). The second-order valence-electron chi connectivity index (χ2n) is 4.69. The third-order valence-corrected chi connectivity index (χ3v) is 3.18. The van der Waals surface area contributed by atoms with Gasteiger partial charge in [0.2, 0.25) is 0 Å². The van der Waals surface area contributed by atoms with Crippen molar-refractivity contribution in [3.05, 3.63) is 53.1 Å². The van der Waals surface area contributed by atoms with Crippen molar-refractivity contribution >= 4 is 5.97 Å². The van der Waals surface area contributed by atoms with E-state index in [0.29, 0.717) is 24.4 Å². The average Bonchev–Trinajstić information content (AvgIpc) is 2.48. The maximum absolute atomic E-state index is 11.2. The van der Waals surface area contributed by atoms with Crippen molar-refractivity contribution < 1.29 is 14.6 Å². The number of carboxylic acids is 1. The summed E-state index contributed by atoms with van der Waals surface area (Å²) in [4.78, 5) is 19.7. The Hall–Kier alpha value is -2.43. The van der Waals surface area contributed by atoms with Gasteiger partial charge in [0.15, 0.2) is 0 Å². The number of hydrogen-bond acceptors (Lipinski definition) is 4. The van der Waals surface area contributed by atoms with Crippen molar-refractivity contribution in [1.82, 2.24) is 9.97 Å². The minimum absolute atomic E-state index is 0.181. The van der Waals surface area contributed by atoms with Gasteiger partial charge in [0.05, 0.1) is 18.4 Å². The molecule has 0 aliphatic carbocycles. The van der Waals surface area contributed by atoms with Gasteiger partial charge in [0.1, 0.15) is 11.6 Å². The molecule has 21 heavy (non-hydrogen) atoms. The zero-order chi connectivity index (χ0) is 15.2. The number of benzene rings is 1. The first-order valence-electron chi connectivity index (χ1n) is 6.85. The number of aromatic carboxylic acids is 1. The fourth-order valence-corrected chi connectivity index (χ4v) is 2.17. The van der Waals surface area contributed by atoms with Crippen molar-refractivity contribution in [2.24, 2.45) is 0 Å². The third kappa shape index (κ3) is 3.56. The Morgan fingerprint density at radius 2 is 2.10 bits per heavy atom. The zero-order valence-corrected chi connectivity index (χ0v) is 12.2. The van der Waals surface area contributed by atoms with Crippen LogP contribution in [0.1, 0.15) is 40.8 Å². The summed E-state index contributed by atoms with van der Waals surface area (Å²) in [6, 6.07) is 7.66. The van der Waals surface area contributed by atoms with E-state index in [9.17, 15) is 4.79 Å². The van der Waals surface area contributed by atoms with Gasteiger partial charge in [0.25, 0.3) is 0 Å². The third-order valence-electron chi connectivity index (χ3n) is 3.18. The second-order valence-corrected chi connectivity index (χ2v) is 4.69. The van der Waals surface area contributed by atoms with Crippen molar-refractivity contribution in [1.29, 1.82) is 0 Å². The van der Waals surface area contributed by atoms with Crippen LogP contribution >= 0.6 is 0 Å². The largest absolute Gasteiger partial charge is 0.496 e. The molecule has 0 unspecified atom stereocenters. The minimum Gasteiger partial charge on any atom is -0.496 e. The van der Waals surface area contributed by atoms with Gasteiger partial charge >= 0.3 is 5.97 Å². The molecule has 1 aromatic carbocycles. The highest BCUT2D eigenvalue weighted by Crippen LogP contribution is 2.20. The highest BCUT2D eigenvalue weighted by molar-refractivity contribution is 5.88. The fraction of sp³-hybridized carbons (Fsp3) is 0.312. The van der Waals surface area contributed by atoms with Gasteiger partial charge in [-0.25, -0.2) is 14.8 Å². The number of hydrogen-bond donors (Lipinski definition) is 1. The van der Waals surface area contributed by atoms with Gasteiger partial charge in [-0.3, -0.25) is 0 Å². The van der Waals surface area contributed by atoms with Crippen LogP contribution in [-0.2, 0) is 12.8 Å². The summed E-state index contributed by atoms with van der Waals surface area (Å²) >= 11 is 0. The monoisotopic (exact) mass is 286 g/mol. The molecule has 1 N–H and O–H groups in total. The molecule has 110 valence electrons. The maximum Gasteiger partial charge on any atom is 0.339 e. The molecule has 0 saturated heterocycles. The molecule has 2 rings (SSSR count). The topological polar surface area (TPSA) is 72.3 Å². The van der Waals surface area contributed by atoms with Gasteiger partial charge in [-0.2, -0.15) is 0 Å². The van der Waals surface area contributed by atoms with E-state index in [1.807, 2.05) is 31.2 Å². The van der Waals surface area contributed by atoms with Crippen LogP contribution in [0.5, 0.6) is 5.75 Å². The van der Waals surface area contributed by atoms with E-state index in [1.54, 1.807) is 7.11 Å². The van der Waals surface area contributed by atoms with E-state index in [1.165, 1.54) is 6.20 Å². The second kappa shape index (κ2) is 6.83. The number of methoxy groups -OCH3 is 1. The van der Waals surface area contributed by atoms with E-state index in [-0.39, 0.29) is 5.56 Å². The van der Waals surface area contributed by atoms with Crippen LogP contribution in [0.2, 0.25) is 0 Å². The van der Waals surface area contributed by atoms with Crippen LogP contribution < -0.4 is 4.74 Å². The van der Waals surface area contributed by atoms with Gasteiger partial charge in [-0.05, 0) is 12.5 Å². The lowest BCUT2D eigenvalue weighted by Gasteiger charge is -2.09. The first-order valence-corrected chi connectivity index (χ1v) is 6.85. The Balaban J connectivity index is 2.32. The van der Waals surface area contributed by atoms with Gasteiger partial charge in [-0.15, -0.1) is 0 Å². The fourth-order valence-electron chi connectivity index (χ4n) is 2.17. The molecule has 5 nitrogen and oxygen atoms in total. The van der Waals surface area contributed by atoms with E-state index < -0.39 is 5.97 Å². The van der Waals surface area contributed by atoms with E-state index >= 15 is 0 Å². The smallest absolute Gasteiger partial charge is 0.339 e. The minimum atomic E-state index is -0.984. The van der Waals surface area contributed by atoms with Gasteiger partial charge in [0, 0.05) is 18.2 Å². The lowest BCUT2D eigenvalue weighted by atomic mass is 10.1. The number of carboxylic acid groups (broad SMARTS) is 1. The molecule has 0 radical (unpaired) electrons. The first kappa shape index (κ1) is 15.0. The van der Waals surface area contributed by atoms with Crippen molar-refractivity contribution in [3.8, 4) is 5.75 Å². The van der Waals surface area contributed by atoms with Crippen LogP contribution in [0.15, 0.2) is 30.5 Å². The molecule has 2 aromatic rings. The number of aryl methyl sites for hydroxylation is 1. The van der Waals surface area contributed by atoms with Gasteiger partial charge < -0.3 is 9.84 Å². The van der Waals surface area contributed by atoms with Crippen LogP contribution in [0.25, 0.3) is 0 Å². The van der Waals surface area contributed by atoms with E-state index in [0.717, 1.165) is 17.7 Å². The summed E-state index contributed by atoms with van der Waals surface area (Å²) in [5.74, 6) is 0.399. The highest BCUT2D eigenvalue weighted by Gasteiger charge is 2.14. The van der Waals surface area contributed by atoms with Crippen LogP contribution in [0.3, 0.4) is 0 Å². The summed E-state index contributed by atoms with van der Waals surface area (Å²) < 4.78 is 5.31. The van der Waals surface area contributed by atoms with Crippen LogP contribution in [-0.4, -0.2) is 28.2 Å². The summed E-state index contributed by atoms with van der Waals surface area (Å²) in [5.41, 5.74) is 1.75. The molecular formula is C16H18N2O3. The first-order chi connectivity index (χ1) is 10.2. The summed E-state index contributed by atoms with van der Waals surface area (Å²) in [7, 11) is 1.62. The number of nitrogens with zero attached hydrogens (tertiary/aromatic N) is 2. The van der Waals surface area contributed by atoms with Crippen LogP contribution in [0.4, 0.5) is 0 Å². The Morgan fingerprint density at radius 3 is 2.76 bits per heavy atom. The molecule has 0 amide bonds. The molecule has 1 aromatic heterocycles. The molecule has 5 heteroatoms. The van der Waals surface area contributed by atoms with Crippen LogP contribution in [0, 0.1) is 0 Å². The number of para-hydroxylation sites is 1. The maximum atomic E-state index is 11.2. The van der Waals surface area contributed by atoms with E-state index in [4.69, 9.17) is 9.84 Å². The zero-order valence-electron chi connectivity index (χ0n) is 12.2.